The molecule has 11 heteroatoms. The van der Waals surface area contributed by atoms with Crippen molar-refractivity contribution in [1.82, 2.24) is 9.99 Å². The molecular formula is C17H15F7IN3. The van der Waals surface area contributed by atoms with Crippen molar-refractivity contribution in [2.75, 3.05) is 0 Å². The highest BCUT2D eigenvalue weighted by Crippen LogP contribution is 2.45. The van der Waals surface area contributed by atoms with Crippen LogP contribution in [-0.4, -0.2) is 28.9 Å². The number of alkyl halides is 7. The minimum atomic E-state index is -6.42. The van der Waals surface area contributed by atoms with Crippen LogP contribution in [0.1, 0.15) is 22.5 Å². The van der Waals surface area contributed by atoms with E-state index in [4.69, 9.17) is 0 Å². The number of hydrogen-bond donors (Lipinski definition) is 1. The van der Waals surface area contributed by atoms with Crippen molar-refractivity contribution in [2.24, 2.45) is 5.10 Å². The molecule has 0 aliphatic carbocycles. The lowest BCUT2D eigenvalue weighted by Crippen LogP contribution is -2.58. The lowest BCUT2D eigenvalue weighted by molar-refractivity contribution is -0.361. The summed E-state index contributed by atoms with van der Waals surface area (Å²) in [7, 11) is 0. The van der Waals surface area contributed by atoms with Gasteiger partial charge in [-0.05, 0) is 73.2 Å². The van der Waals surface area contributed by atoms with Crippen molar-refractivity contribution >= 4 is 28.8 Å². The van der Waals surface area contributed by atoms with E-state index in [1.807, 2.05) is 25.1 Å². The fourth-order valence-corrected chi connectivity index (χ4v) is 2.85. The zero-order chi connectivity index (χ0) is 21.5. The number of nitrogens with one attached hydrogen (secondary N) is 1. The van der Waals surface area contributed by atoms with Crippen molar-refractivity contribution in [1.29, 1.82) is 0 Å². The maximum absolute atomic E-state index is 13.2. The molecule has 0 unspecified atom stereocenters. The molecule has 0 saturated carbocycles. The predicted octanol–water partition coefficient (Wildman–Crippen LogP) is 5.72. The van der Waals surface area contributed by atoms with E-state index in [1.165, 1.54) is 0 Å². The summed E-state index contributed by atoms with van der Waals surface area (Å²) in [6.07, 6.45) is -5.64. The highest BCUT2D eigenvalue weighted by Gasteiger charge is 2.73. The topological polar surface area (TPSA) is 29.3 Å². The summed E-state index contributed by atoms with van der Waals surface area (Å²) in [6.45, 7) is 5.29. The molecule has 2 aromatic rings. The zero-order valence-electron chi connectivity index (χ0n) is 14.8. The minimum absolute atomic E-state index is 0.285. The van der Waals surface area contributed by atoms with Gasteiger partial charge in [0.25, 0.3) is 0 Å². The van der Waals surface area contributed by atoms with Crippen molar-refractivity contribution in [3.05, 3.63) is 50.4 Å². The lowest BCUT2D eigenvalue weighted by Gasteiger charge is -2.27. The van der Waals surface area contributed by atoms with E-state index >= 15 is 0 Å². The summed E-state index contributed by atoms with van der Waals surface area (Å²) in [5.74, 6) is -6.27. The summed E-state index contributed by atoms with van der Waals surface area (Å²) in [5.41, 5.74) is 3.96. The molecule has 0 amide bonds. The normalized spacial score (nSPS) is 13.4. The van der Waals surface area contributed by atoms with Crippen LogP contribution >= 0.6 is 22.6 Å². The van der Waals surface area contributed by atoms with Gasteiger partial charge in [-0.2, -0.15) is 35.8 Å². The molecule has 0 radical (unpaired) electrons. The van der Waals surface area contributed by atoms with Crippen LogP contribution in [0.3, 0.4) is 0 Å². The molecule has 0 fully saturated rings. The minimum Gasteiger partial charge on any atom is -0.318 e. The molecule has 1 aromatic heterocycles. The Bertz CT molecular complexity index is 901. The van der Waals surface area contributed by atoms with Gasteiger partial charge in [0, 0.05) is 26.2 Å². The van der Waals surface area contributed by atoms with Crippen LogP contribution in [0.4, 0.5) is 30.7 Å². The van der Waals surface area contributed by atoms with Crippen LogP contribution in [0.15, 0.2) is 29.4 Å². The Morgan fingerprint density at radius 2 is 1.61 bits per heavy atom. The zero-order valence-corrected chi connectivity index (χ0v) is 17.0. The number of rotatable bonds is 5. The summed E-state index contributed by atoms with van der Waals surface area (Å²) in [4.78, 5) is 0. The first-order valence-electron chi connectivity index (χ1n) is 7.77. The van der Waals surface area contributed by atoms with Crippen molar-refractivity contribution < 1.29 is 30.7 Å². The highest BCUT2D eigenvalue weighted by molar-refractivity contribution is 14.1. The molecule has 1 heterocycles. The van der Waals surface area contributed by atoms with Crippen LogP contribution in [-0.2, 0) is 0 Å². The van der Waals surface area contributed by atoms with Gasteiger partial charge in [-0.25, -0.2) is 5.43 Å². The van der Waals surface area contributed by atoms with E-state index in [0.717, 1.165) is 21.0 Å². The largest absolute Gasteiger partial charge is 0.462 e. The Hall–Kier alpha value is -1.79. The van der Waals surface area contributed by atoms with Gasteiger partial charge in [0.1, 0.15) is 0 Å². The van der Waals surface area contributed by atoms with E-state index in [1.54, 1.807) is 24.5 Å². The predicted molar refractivity (Wildman–Crippen MR) is 99.4 cm³/mol. The SMILES string of the molecule is Cc1cc(-n2c(C)cc(/C=N\NC(F)(F)C(F)(F)C(F)(F)F)c2C)ccc1I. The van der Waals surface area contributed by atoms with Crippen LogP contribution in [0.5, 0.6) is 0 Å². The van der Waals surface area contributed by atoms with Crippen molar-refractivity contribution in [3.63, 3.8) is 0 Å². The third kappa shape index (κ3) is 4.13. The summed E-state index contributed by atoms with van der Waals surface area (Å²) in [6, 6.07) is 1.58. The van der Waals surface area contributed by atoms with E-state index in [-0.39, 0.29) is 5.56 Å². The Morgan fingerprint density at radius 3 is 2.14 bits per heavy atom. The molecule has 2 rings (SSSR count). The first-order valence-corrected chi connectivity index (χ1v) is 8.85. The van der Waals surface area contributed by atoms with Crippen molar-refractivity contribution in [2.45, 2.75) is 38.9 Å². The number of halogens is 8. The van der Waals surface area contributed by atoms with Crippen LogP contribution in [0, 0.1) is 24.3 Å². The van der Waals surface area contributed by atoms with Gasteiger partial charge in [-0.1, -0.05) is 0 Å². The Morgan fingerprint density at radius 1 is 1.00 bits per heavy atom. The second-order valence-corrected chi connectivity index (χ2v) is 7.27. The van der Waals surface area contributed by atoms with E-state index in [9.17, 15) is 30.7 Å². The average molecular weight is 521 g/mol. The Kier molecular flexibility index (Phi) is 6.07. The van der Waals surface area contributed by atoms with Crippen LogP contribution in [0.25, 0.3) is 5.69 Å². The fourth-order valence-electron chi connectivity index (χ4n) is 2.51. The van der Waals surface area contributed by atoms with Gasteiger partial charge in [0.15, 0.2) is 0 Å². The van der Waals surface area contributed by atoms with Gasteiger partial charge in [0.2, 0.25) is 0 Å². The monoisotopic (exact) mass is 521 g/mol. The van der Waals surface area contributed by atoms with Gasteiger partial charge in [-0.3, -0.25) is 0 Å². The van der Waals surface area contributed by atoms with E-state index in [2.05, 4.69) is 27.7 Å². The summed E-state index contributed by atoms with van der Waals surface area (Å²) < 4.78 is 91.4. The molecular weight excluding hydrogens is 506 g/mol. The van der Waals surface area contributed by atoms with Crippen LogP contribution < -0.4 is 5.43 Å². The third-order valence-corrected chi connectivity index (χ3v) is 5.24. The number of aryl methyl sites for hydroxylation is 2. The third-order valence-electron chi connectivity index (χ3n) is 4.03. The average Bonchev–Trinajstić information content (AvgIpc) is 2.83. The number of benzene rings is 1. The number of hydrazone groups is 1. The molecule has 154 valence electrons. The maximum Gasteiger partial charge on any atom is 0.462 e. The second kappa shape index (κ2) is 7.56. The summed E-state index contributed by atoms with van der Waals surface area (Å²) in [5, 5.41) is 2.91. The molecule has 1 aromatic carbocycles. The van der Waals surface area contributed by atoms with Crippen LogP contribution in [0.2, 0.25) is 0 Å². The molecule has 0 spiro atoms. The van der Waals surface area contributed by atoms with E-state index in [0.29, 0.717) is 16.8 Å². The molecule has 3 nitrogen and oxygen atoms in total. The molecule has 28 heavy (non-hydrogen) atoms. The molecule has 0 aliphatic rings. The maximum atomic E-state index is 13.2. The summed E-state index contributed by atoms with van der Waals surface area (Å²) >= 11 is 2.17. The van der Waals surface area contributed by atoms with Crippen molar-refractivity contribution in [3.8, 4) is 5.69 Å². The van der Waals surface area contributed by atoms with E-state index < -0.39 is 18.1 Å². The lowest BCUT2D eigenvalue weighted by atomic mass is 10.2. The number of hydrogen-bond acceptors (Lipinski definition) is 2. The molecule has 1 N–H and O–H groups in total. The molecule has 0 atom stereocenters. The molecule has 0 aliphatic heterocycles. The highest BCUT2D eigenvalue weighted by atomic mass is 127. The first kappa shape index (κ1) is 22.5. The van der Waals surface area contributed by atoms with Gasteiger partial charge >= 0.3 is 18.1 Å². The second-order valence-electron chi connectivity index (χ2n) is 6.11. The standard InChI is InChI=1S/C17H15F7IN3/c1-9-6-13(4-5-14(9)25)28-10(2)7-12(11(28)3)8-26-27-17(23,24)15(18,19)16(20,21)22/h4-8,27H,1-3H3/b26-8-. The fraction of sp³-hybridized carbons (Fsp3) is 0.353. The van der Waals surface area contributed by atoms with Gasteiger partial charge in [-0.15, -0.1) is 0 Å². The Balaban J connectivity index is 2.30. The molecule has 0 saturated heterocycles. The van der Waals surface area contributed by atoms with Gasteiger partial charge in [0.05, 0.1) is 6.21 Å². The smallest absolute Gasteiger partial charge is 0.318 e. The number of nitrogens with zero attached hydrogens (tertiary/aromatic N) is 2. The molecule has 0 bridgehead atoms. The first-order chi connectivity index (χ1) is 12.7. The number of aromatic nitrogens is 1. The quantitative estimate of drug-likeness (QED) is 0.176. The Labute approximate surface area is 169 Å². The van der Waals surface area contributed by atoms with Gasteiger partial charge < -0.3 is 4.57 Å².